The summed E-state index contributed by atoms with van der Waals surface area (Å²) in [6, 6.07) is 10.6. The van der Waals surface area contributed by atoms with E-state index in [1.54, 1.807) is 29.8 Å². The fraction of sp³-hybridized carbons (Fsp3) is 0.316. The number of thiazole rings is 1. The van der Waals surface area contributed by atoms with Gasteiger partial charge in [0.1, 0.15) is 10.8 Å². The van der Waals surface area contributed by atoms with E-state index in [0.29, 0.717) is 0 Å². The molecule has 0 unspecified atom stereocenters. The number of nitrogens with zero attached hydrogens (tertiary/aromatic N) is 1. The average molecular weight is 359 g/mol. The molecule has 1 aromatic carbocycles. The third-order valence-electron chi connectivity index (χ3n) is 4.05. The molecule has 1 N–H and O–H groups in total. The fourth-order valence-corrected chi connectivity index (χ4v) is 4.24. The summed E-state index contributed by atoms with van der Waals surface area (Å²) in [7, 11) is 1.70. The molecule has 0 spiro atoms. The number of benzene rings is 1. The molecule has 0 aliphatic carbocycles. The second-order valence-electron chi connectivity index (χ2n) is 5.81. The molecule has 3 nitrogen and oxygen atoms in total. The maximum absolute atomic E-state index is 5.31. The van der Waals surface area contributed by atoms with Crippen LogP contribution in [0.4, 0.5) is 0 Å². The molecule has 3 aromatic rings. The minimum absolute atomic E-state index is 0.225. The Morgan fingerprint density at radius 3 is 2.75 bits per heavy atom. The van der Waals surface area contributed by atoms with Crippen molar-refractivity contribution in [3.63, 3.8) is 0 Å². The summed E-state index contributed by atoms with van der Waals surface area (Å²) in [4.78, 5) is 6.07. The predicted molar refractivity (Wildman–Crippen MR) is 102 cm³/mol. The zero-order chi connectivity index (χ0) is 16.9. The van der Waals surface area contributed by atoms with Crippen molar-refractivity contribution >= 4 is 22.7 Å². The summed E-state index contributed by atoms with van der Waals surface area (Å²) < 4.78 is 5.31. The lowest BCUT2D eigenvalue weighted by Gasteiger charge is -2.16. The molecular weight excluding hydrogens is 336 g/mol. The molecule has 3 rings (SSSR count). The minimum Gasteiger partial charge on any atom is -0.497 e. The first-order valence-corrected chi connectivity index (χ1v) is 9.73. The molecule has 2 aromatic heterocycles. The number of nitrogens with one attached hydrogen (secondary N) is 1. The number of aromatic nitrogens is 1. The molecular formula is C19H22N2OS2. The molecule has 2 heterocycles. The van der Waals surface area contributed by atoms with E-state index in [9.17, 15) is 0 Å². The van der Waals surface area contributed by atoms with Gasteiger partial charge in [-0.2, -0.15) is 11.3 Å². The van der Waals surface area contributed by atoms with E-state index in [4.69, 9.17) is 9.72 Å². The molecule has 5 heteroatoms. The van der Waals surface area contributed by atoms with Crippen molar-refractivity contribution in [1.82, 2.24) is 10.3 Å². The summed E-state index contributed by atoms with van der Waals surface area (Å²) in [5.74, 6) is 0.893. The zero-order valence-corrected chi connectivity index (χ0v) is 15.8. The van der Waals surface area contributed by atoms with Crippen LogP contribution in [0.1, 0.15) is 32.7 Å². The van der Waals surface area contributed by atoms with Crippen LogP contribution in [0, 0.1) is 13.8 Å². The number of rotatable bonds is 7. The van der Waals surface area contributed by atoms with E-state index in [1.807, 2.05) is 12.1 Å². The van der Waals surface area contributed by atoms with E-state index in [2.05, 4.69) is 48.1 Å². The molecule has 0 saturated carbocycles. The topological polar surface area (TPSA) is 34.1 Å². The molecule has 0 amide bonds. The van der Waals surface area contributed by atoms with Crippen molar-refractivity contribution < 1.29 is 4.74 Å². The van der Waals surface area contributed by atoms with Crippen molar-refractivity contribution in [2.24, 2.45) is 0 Å². The van der Waals surface area contributed by atoms with E-state index >= 15 is 0 Å². The van der Waals surface area contributed by atoms with E-state index in [-0.39, 0.29) is 6.04 Å². The van der Waals surface area contributed by atoms with Gasteiger partial charge in [0, 0.05) is 11.4 Å². The van der Waals surface area contributed by atoms with E-state index in [0.717, 1.165) is 24.4 Å². The number of methoxy groups -OCH3 is 1. The van der Waals surface area contributed by atoms with Gasteiger partial charge in [-0.3, -0.25) is 0 Å². The Morgan fingerprint density at radius 1 is 1.21 bits per heavy atom. The molecule has 0 radical (unpaired) electrons. The van der Waals surface area contributed by atoms with Crippen LogP contribution in [-0.2, 0) is 13.0 Å². The summed E-state index contributed by atoms with van der Waals surface area (Å²) in [6.45, 7) is 5.02. The Morgan fingerprint density at radius 2 is 2.08 bits per heavy atom. The minimum atomic E-state index is 0.225. The lowest BCUT2D eigenvalue weighted by Crippen LogP contribution is -2.22. The first-order chi connectivity index (χ1) is 11.7. The monoisotopic (exact) mass is 358 g/mol. The van der Waals surface area contributed by atoms with Crippen LogP contribution < -0.4 is 10.1 Å². The second-order valence-corrected chi connectivity index (χ2v) is 7.83. The van der Waals surface area contributed by atoms with Gasteiger partial charge in [-0.1, -0.05) is 12.1 Å². The Hall–Kier alpha value is -1.69. The highest BCUT2D eigenvalue weighted by molar-refractivity contribution is 7.11. The van der Waals surface area contributed by atoms with Crippen molar-refractivity contribution in [2.75, 3.05) is 7.11 Å². The maximum Gasteiger partial charge on any atom is 0.119 e. The van der Waals surface area contributed by atoms with Gasteiger partial charge in [-0.15, -0.1) is 11.3 Å². The van der Waals surface area contributed by atoms with Crippen LogP contribution in [0.25, 0.3) is 0 Å². The highest BCUT2D eigenvalue weighted by Crippen LogP contribution is 2.27. The zero-order valence-electron chi connectivity index (χ0n) is 14.2. The van der Waals surface area contributed by atoms with Crippen molar-refractivity contribution in [2.45, 2.75) is 32.9 Å². The fourth-order valence-electron chi connectivity index (χ4n) is 2.56. The van der Waals surface area contributed by atoms with Gasteiger partial charge in [-0.25, -0.2) is 4.98 Å². The van der Waals surface area contributed by atoms with Gasteiger partial charge in [0.25, 0.3) is 0 Å². The number of aryl methyl sites for hydroxylation is 2. The lowest BCUT2D eigenvalue weighted by molar-refractivity contribution is 0.413. The van der Waals surface area contributed by atoms with Gasteiger partial charge >= 0.3 is 0 Å². The van der Waals surface area contributed by atoms with E-state index < -0.39 is 0 Å². The third-order valence-corrected chi connectivity index (χ3v) is 5.97. The third kappa shape index (κ3) is 4.23. The van der Waals surface area contributed by atoms with Gasteiger partial charge in [0.2, 0.25) is 0 Å². The Bertz CT molecular complexity index is 761. The number of ether oxygens (including phenoxy) is 1. The number of thiophene rings is 1. The molecule has 0 saturated heterocycles. The molecule has 0 bridgehead atoms. The predicted octanol–water partition coefficient (Wildman–Crippen LogP) is 4.90. The number of hydrogen-bond donors (Lipinski definition) is 1. The molecule has 1 atom stereocenters. The normalized spacial score (nSPS) is 12.3. The van der Waals surface area contributed by atoms with Gasteiger partial charge in [-0.05, 0) is 60.4 Å². The quantitative estimate of drug-likeness (QED) is 0.652. The highest BCUT2D eigenvalue weighted by Gasteiger charge is 2.17. The van der Waals surface area contributed by atoms with Crippen molar-refractivity contribution in [3.8, 4) is 5.75 Å². The van der Waals surface area contributed by atoms with Gasteiger partial charge in [0.15, 0.2) is 0 Å². The second kappa shape index (κ2) is 7.92. The van der Waals surface area contributed by atoms with Crippen LogP contribution >= 0.6 is 22.7 Å². The van der Waals surface area contributed by atoms with Gasteiger partial charge in [0.05, 0.1) is 18.8 Å². The van der Waals surface area contributed by atoms with E-state index in [1.165, 1.54) is 21.0 Å². The molecule has 0 aliphatic rings. The first kappa shape index (κ1) is 17.1. The summed E-state index contributed by atoms with van der Waals surface area (Å²) in [6.07, 6.45) is 0.958. The van der Waals surface area contributed by atoms with Crippen LogP contribution in [0.3, 0.4) is 0 Å². The highest BCUT2D eigenvalue weighted by atomic mass is 32.1. The maximum atomic E-state index is 5.31. The van der Waals surface area contributed by atoms with Gasteiger partial charge < -0.3 is 10.1 Å². The standard InChI is InChI=1S/C19H22N2OS2/c1-13-14(2)24-19(21-13)18(10-16-7-8-23-12-16)20-11-15-5-4-6-17(9-15)22-3/h4-9,12,18,20H,10-11H2,1-3H3/t18-/m0/s1. The Kier molecular flexibility index (Phi) is 5.66. The lowest BCUT2D eigenvalue weighted by atomic mass is 10.1. The molecule has 24 heavy (non-hydrogen) atoms. The largest absolute Gasteiger partial charge is 0.497 e. The smallest absolute Gasteiger partial charge is 0.119 e. The average Bonchev–Trinajstić information content (AvgIpc) is 3.22. The Labute approximate surface area is 151 Å². The summed E-state index contributed by atoms with van der Waals surface area (Å²) in [5.41, 5.74) is 3.71. The molecule has 126 valence electrons. The van der Waals surface area contributed by atoms with Crippen LogP contribution in [0.15, 0.2) is 41.1 Å². The molecule has 0 aliphatic heterocycles. The van der Waals surface area contributed by atoms with Crippen LogP contribution in [0.2, 0.25) is 0 Å². The van der Waals surface area contributed by atoms with Crippen LogP contribution in [0.5, 0.6) is 5.75 Å². The summed E-state index contributed by atoms with van der Waals surface area (Å²) >= 11 is 3.54. The van der Waals surface area contributed by atoms with Crippen LogP contribution in [-0.4, -0.2) is 12.1 Å². The number of hydrogen-bond acceptors (Lipinski definition) is 5. The SMILES string of the molecule is COc1cccc(CN[C@@H](Cc2ccsc2)c2nc(C)c(C)s2)c1. The van der Waals surface area contributed by atoms with Crippen molar-refractivity contribution in [1.29, 1.82) is 0 Å². The van der Waals surface area contributed by atoms with Crippen molar-refractivity contribution in [3.05, 3.63) is 67.8 Å². The Balaban J connectivity index is 1.76. The first-order valence-electron chi connectivity index (χ1n) is 7.97. The molecule has 0 fully saturated rings. The summed E-state index contributed by atoms with van der Waals surface area (Å²) in [5, 5.41) is 9.19.